The maximum absolute atomic E-state index is 10.9. The van der Waals surface area contributed by atoms with Crippen molar-refractivity contribution in [2.24, 2.45) is 12.5 Å². The highest BCUT2D eigenvalue weighted by atomic mass is 32.2. The summed E-state index contributed by atoms with van der Waals surface area (Å²) in [5, 5.41) is 13.0. The van der Waals surface area contributed by atoms with E-state index in [0.29, 0.717) is 6.42 Å². The van der Waals surface area contributed by atoms with Gasteiger partial charge in [0.15, 0.2) is 0 Å². The van der Waals surface area contributed by atoms with Gasteiger partial charge in [-0.3, -0.25) is 9.48 Å². The number of nitrogens with zero attached hydrogens (tertiary/aromatic N) is 2. The standard InChI is InChI=1S/C11H18N2O2S/c1-11(2,10(14)15)5-4-6-16-9-7-12-13(3)8-9/h7-8H,4-6H2,1-3H3,(H,14,15). The Morgan fingerprint density at radius 3 is 2.81 bits per heavy atom. The van der Waals surface area contributed by atoms with E-state index in [0.717, 1.165) is 17.1 Å². The molecule has 90 valence electrons. The van der Waals surface area contributed by atoms with Gasteiger partial charge < -0.3 is 5.11 Å². The number of aromatic nitrogens is 2. The highest BCUT2D eigenvalue weighted by Gasteiger charge is 2.25. The summed E-state index contributed by atoms with van der Waals surface area (Å²) in [6, 6.07) is 0. The van der Waals surface area contributed by atoms with E-state index in [4.69, 9.17) is 5.11 Å². The molecular weight excluding hydrogens is 224 g/mol. The Hall–Kier alpha value is -0.970. The molecule has 0 aliphatic carbocycles. The van der Waals surface area contributed by atoms with Crippen molar-refractivity contribution in [1.82, 2.24) is 9.78 Å². The maximum atomic E-state index is 10.9. The first kappa shape index (κ1) is 13.1. The van der Waals surface area contributed by atoms with E-state index in [1.54, 1.807) is 30.3 Å². The molecule has 0 fully saturated rings. The van der Waals surface area contributed by atoms with Gasteiger partial charge in [-0.05, 0) is 32.4 Å². The van der Waals surface area contributed by atoms with Crippen LogP contribution in [-0.4, -0.2) is 26.6 Å². The highest BCUT2D eigenvalue weighted by molar-refractivity contribution is 7.99. The van der Waals surface area contributed by atoms with Crippen LogP contribution in [0.4, 0.5) is 0 Å². The molecule has 1 heterocycles. The van der Waals surface area contributed by atoms with E-state index in [1.165, 1.54) is 0 Å². The fourth-order valence-electron chi connectivity index (χ4n) is 1.28. The van der Waals surface area contributed by atoms with E-state index in [9.17, 15) is 4.79 Å². The average molecular weight is 242 g/mol. The summed E-state index contributed by atoms with van der Waals surface area (Å²) in [7, 11) is 1.89. The first-order valence-electron chi connectivity index (χ1n) is 5.27. The number of aryl methyl sites for hydroxylation is 1. The molecule has 1 N–H and O–H groups in total. The SMILES string of the molecule is Cn1cc(SCCCC(C)(C)C(=O)O)cn1. The van der Waals surface area contributed by atoms with Gasteiger partial charge in [0.05, 0.1) is 11.6 Å². The lowest BCUT2D eigenvalue weighted by Crippen LogP contribution is -2.23. The van der Waals surface area contributed by atoms with Crippen molar-refractivity contribution in [2.45, 2.75) is 31.6 Å². The molecule has 0 amide bonds. The number of carboxylic acid groups (broad SMARTS) is 1. The second kappa shape index (κ2) is 5.39. The van der Waals surface area contributed by atoms with Gasteiger partial charge in [0.25, 0.3) is 0 Å². The van der Waals surface area contributed by atoms with Gasteiger partial charge in [-0.1, -0.05) is 0 Å². The van der Waals surface area contributed by atoms with Crippen molar-refractivity contribution >= 4 is 17.7 Å². The molecule has 0 aliphatic rings. The molecule has 0 radical (unpaired) electrons. The Kier molecular flexibility index (Phi) is 4.41. The smallest absolute Gasteiger partial charge is 0.309 e. The van der Waals surface area contributed by atoms with Gasteiger partial charge >= 0.3 is 5.97 Å². The second-order valence-electron chi connectivity index (χ2n) is 4.49. The van der Waals surface area contributed by atoms with Crippen molar-refractivity contribution in [1.29, 1.82) is 0 Å². The zero-order chi connectivity index (χ0) is 12.2. The molecule has 0 atom stereocenters. The molecule has 0 bridgehead atoms. The summed E-state index contributed by atoms with van der Waals surface area (Å²) in [6.07, 6.45) is 5.40. The van der Waals surface area contributed by atoms with Crippen LogP contribution in [0.1, 0.15) is 26.7 Å². The zero-order valence-electron chi connectivity index (χ0n) is 9.93. The minimum absolute atomic E-state index is 0.616. The van der Waals surface area contributed by atoms with Crippen LogP contribution in [0.25, 0.3) is 0 Å². The minimum atomic E-state index is -0.723. The molecule has 16 heavy (non-hydrogen) atoms. The first-order chi connectivity index (χ1) is 7.42. The molecule has 0 aliphatic heterocycles. The van der Waals surface area contributed by atoms with E-state index in [2.05, 4.69) is 5.10 Å². The normalized spacial score (nSPS) is 11.7. The Morgan fingerprint density at radius 2 is 2.31 bits per heavy atom. The highest BCUT2D eigenvalue weighted by Crippen LogP contribution is 2.25. The molecule has 0 aromatic carbocycles. The summed E-state index contributed by atoms with van der Waals surface area (Å²) in [5.41, 5.74) is -0.616. The molecule has 4 nitrogen and oxygen atoms in total. The molecule has 1 aromatic rings. The van der Waals surface area contributed by atoms with Crippen LogP contribution in [0.3, 0.4) is 0 Å². The molecule has 1 rings (SSSR count). The Morgan fingerprint density at radius 1 is 1.62 bits per heavy atom. The van der Waals surface area contributed by atoms with Crippen LogP contribution in [0.5, 0.6) is 0 Å². The predicted molar refractivity (Wildman–Crippen MR) is 64.6 cm³/mol. The van der Waals surface area contributed by atoms with Gasteiger partial charge in [0.1, 0.15) is 0 Å². The first-order valence-corrected chi connectivity index (χ1v) is 6.25. The molecule has 1 aromatic heterocycles. The lowest BCUT2D eigenvalue weighted by atomic mass is 9.88. The lowest BCUT2D eigenvalue weighted by molar-refractivity contribution is -0.147. The van der Waals surface area contributed by atoms with Gasteiger partial charge in [0, 0.05) is 18.1 Å². The maximum Gasteiger partial charge on any atom is 0.309 e. The lowest BCUT2D eigenvalue weighted by Gasteiger charge is -2.18. The van der Waals surface area contributed by atoms with Crippen LogP contribution in [-0.2, 0) is 11.8 Å². The third-order valence-electron chi connectivity index (χ3n) is 2.47. The summed E-state index contributed by atoms with van der Waals surface area (Å²) in [6.45, 7) is 3.54. The summed E-state index contributed by atoms with van der Waals surface area (Å²) in [4.78, 5) is 12.0. The fraction of sp³-hybridized carbons (Fsp3) is 0.636. The number of carbonyl (C=O) groups is 1. The van der Waals surface area contributed by atoms with E-state index in [-0.39, 0.29) is 0 Å². The number of thioether (sulfide) groups is 1. The summed E-state index contributed by atoms with van der Waals surface area (Å²) < 4.78 is 1.77. The number of aliphatic carboxylic acids is 1. The van der Waals surface area contributed by atoms with E-state index in [1.807, 2.05) is 19.4 Å². The number of hydrogen-bond donors (Lipinski definition) is 1. The molecular formula is C11H18N2O2S. The summed E-state index contributed by atoms with van der Waals surface area (Å²) >= 11 is 1.72. The zero-order valence-corrected chi connectivity index (χ0v) is 10.8. The van der Waals surface area contributed by atoms with E-state index < -0.39 is 11.4 Å². The third-order valence-corrected chi connectivity index (χ3v) is 3.51. The van der Waals surface area contributed by atoms with Gasteiger partial charge in [0.2, 0.25) is 0 Å². The van der Waals surface area contributed by atoms with E-state index >= 15 is 0 Å². The summed E-state index contributed by atoms with van der Waals surface area (Å²) in [5.74, 6) is 0.210. The van der Waals surface area contributed by atoms with Crippen molar-refractivity contribution in [3.63, 3.8) is 0 Å². The Balaban J connectivity index is 2.24. The van der Waals surface area contributed by atoms with Crippen molar-refractivity contribution in [3.8, 4) is 0 Å². The third kappa shape index (κ3) is 3.89. The number of carboxylic acids is 1. The van der Waals surface area contributed by atoms with Gasteiger partial charge in [-0.2, -0.15) is 5.10 Å². The molecule has 0 saturated carbocycles. The molecule has 5 heteroatoms. The minimum Gasteiger partial charge on any atom is -0.481 e. The molecule has 0 saturated heterocycles. The van der Waals surface area contributed by atoms with Gasteiger partial charge in [-0.25, -0.2) is 0 Å². The topological polar surface area (TPSA) is 55.1 Å². The Bertz CT molecular complexity index is 361. The van der Waals surface area contributed by atoms with Crippen LogP contribution in [0.15, 0.2) is 17.3 Å². The molecule has 0 spiro atoms. The fourth-order valence-corrected chi connectivity index (χ4v) is 2.16. The van der Waals surface area contributed by atoms with Crippen molar-refractivity contribution in [3.05, 3.63) is 12.4 Å². The number of rotatable bonds is 6. The van der Waals surface area contributed by atoms with Crippen LogP contribution < -0.4 is 0 Å². The quantitative estimate of drug-likeness (QED) is 0.615. The van der Waals surface area contributed by atoms with Crippen LogP contribution in [0, 0.1) is 5.41 Å². The average Bonchev–Trinajstić information content (AvgIpc) is 2.59. The second-order valence-corrected chi connectivity index (χ2v) is 5.66. The molecule has 0 unspecified atom stereocenters. The predicted octanol–water partition coefficient (Wildman–Crippen LogP) is 2.40. The van der Waals surface area contributed by atoms with Crippen molar-refractivity contribution < 1.29 is 9.90 Å². The van der Waals surface area contributed by atoms with Gasteiger partial charge in [-0.15, -0.1) is 11.8 Å². The van der Waals surface area contributed by atoms with Crippen LogP contribution in [0.2, 0.25) is 0 Å². The largest absolute Gasteiger partial charge is 0.481 e. The van der Waals surface area contributed by atoms with Crippen molar-refractivity contribution in [2.75, 3.05) is 5.75 Å². The van der Waals surface area contributed by atoms with Crippen LogP contribution >= 0.6 is 11.8 Å². The number of hydrogen-bond acceptors (Lipinski definition) is 3. The monoisotopic (exact) mass is 242 g/mol. The Labute approximate surface area is 100 Å².